The van der Waals surface area contributed by atoms with Crippen LogP contribution in [0.25, 0.3) is 0 Å². The average molecular weight is 209 g/mol. The van der Waals surface area contributed by atoms with Gasteiger partial charge in [0.1, 0.15) is 6.61 Å². The Balaban J connectivity index is 1.77. The largest absolute Gasteiger partial charge is 0.448 e. The van der Waals surface area contributed by atoms with Crippen molar-refractivity contribution in [2.24, 2.45) is 5.41 Å². The van der Waals surface area contributed by atoms with Crippen molar-refractivity contribution in [2.45, 2.75) is 51.0 Å². The van der Waals surface area contributed by atoms with E-state index in [-0.39, 0.29) is 11.6 Å². The van der Waals surface area contributed by atoms with E-state index in [9.17, 15) is 4.79 Å². The van der Waals surface area contributed by atoms with E-state index in [4.69, 9.17) is 4.74 Å². The molecule has 84 valence electrons. The van der Waals surface area contributed by atoms with Gasteiger partial charge in [-0.1, -0.05) is 19.8 Å². The van der Waals surface area contributed by atoms with Gasteiger partial charge in [0.25, 0.3) is 0 Å². The van der Waals surface area contributed by atoms with Crippen molar-refractivity contribution in [1.82, 2.24) is 4.90 Å². The van der Waals surface area contributed by atoms with Crippen molar-refractivity contribution in [2.75, 3.05) is 13.2 Å². The van der Waals surface area contributed by atoms with Gasteiger partial charge in [-0.25, -0.2) is 4.79 Å². The van der Waals surface area contributed by atoms with Crippen LogP contribution in [0.4, 0.5) is 4.79 Å². The molecule has 2 saturated carbocycles. The molecule has 0 bridgehead atoms. The quantitative estimate of drug-likeness (QED) is 0.712. The summed E-state index contributed by atoms with van der Waals surface area (Å²) in [4.78, 5) is 13.7. The van der Waals surface area contributed by atoms with Crippen LogP contribution in [0.3, 0.4) is 0 Å². The maximum absolute atomic E-state index is 11.6. The van der Waals surface area contributed by atoms with Crippen LogP contribution in [0.5, 0.6) is 0 Å². The molecule has 3 aliphatic rings. The highest BCUT2D eigenvalue weighted by molar-refractivity contribution is 5.72. The molecule has 3 heteroatoms. The lowest BCUT2D eigenvalue weighted by atomic mass is 10.0. The minimum atomic E-state index is -0.0603. The molecule has 3 fully saturated rings. The number of carbonyl (C=O) groups excluding carboxylic acids is 1. The van der Waals surface area contributed by atoms with E-state index in [0.29, 0.717) is 12.0 Å². The lowest BCUT2D eigenvalue weighted by Gasteiger charge is -2.27. The fourth-order valence-corrected chi connectivity index (χ4v) is 3.43. The Morgan fingerprint density at radius 2 is 2.27 bits per heavy atom. The second kappa shape index (κ2) is 2.89. The van der Waals surface area contributed by atoms with Crippen molar-refractivity contribution < 1.29 is 9.53 Å². The standard InChI is InChI=1S/C12H19NO2/c1-2-3-4-12(9-11(12)5-6-11)13-7-8-15-10(13)14/h2-9H2,1H3. The third kappa shape index (κ3) is 1.15. The Bertz CT molecular complexity index is 298. The summed E-state index contributed by atoms with van der Waals surface area (Å²) in [7, 11) is 0. The Labute approximate surface area is 90.8 Å². The molecule has 0 radical (unpaired) electrons. The smallest absolute Gasteiger partial charge is 0.410 e. The average Bonchev–Trinajstić information content (AvgIpc) is 3.09. The van der Waals surface area contributed by atoms with Crippen LogP contribution in [0.2, 0.25) is 0 Å². The molecule has 1 atom stereocenters. The zero-order chi connectivity index (χ0) is 10.5. The number of nitrogens with zero attached hydrogens (tertiary/aromatic N) is 1. The summed E-state index contributed by atoms with van der Waals surface area (Å²) < 4.78 is 5.08. The summed E-state index contributed by atoms with van der Waals surface area (Å²) in [6.45, 7) is 3.64. The lowest BCUT2D eigenvalue weighted by Crippen LogP contribution is -2.40. The minimum absolute atomic E-state index is 0.0603. The topological polar surface area (TPSA) is 29.5 Å². The molecule has 3 nitrogen and oxygen atoms in total. The molecule has 1 spiro atoms. The summed E-state index contributed by atoms with van der Waals surface area (Å²) in [5, 5.41) is 0. The van der Waals surface area contributed by atoms with E-state index in [0.717, 1.165) is 6.54 Å². The second-order valence-corrected chi connectivity index (χ2v) is 5.36. The van der Waals surface area contributed by atoms with Gasteiger partial charge < -0.3 is 4.74 Å². The molecule has 0 aromatic heterocycles. The first kappa shape index (κ1) is 9.49. The molecule has 15 heavy (non-hydrogen) atoms. The SMILES string of the molecule is CCCCC1(N2CCOC2=O)CC12CC2. The van der Waals surface area contributed by atoms with Crippen LogP contribution >= 0.6 is 0 Å². The third-order valence-corrected chi connectivity index (χ3v) is 4.57. The van der Waals surface area contributed by atoms with E-state index in [1.54, 1.807) is 0 Å². The van der Waals surface area contributed by atoms with E-state index in [1.165, 1.54) is 38.5 Å². The normalized spacial score (nSPS) is 35.8. The van der Waals surface area contributed by atoms with Gasteiger partial charge in [0.15, 0.2) is 0 Å². The van der Waals surface area contributed by atoms with E-state index in [1.807, 2.05) is 4.90 Å². The molecule has 1 heterocycles. The lowest BCUT2D eigenvalue weighted by molar-refractivity contribution is 0.135. The maximum atomic E-state index is 11.6. The molecular weight excluding hydrogens is 190 g/mol. The molecule has 0 aromatic rings. The van der Waals surface area contributed by atoms with Crippen LogP contribution in [-0.2, 0) is 4.74 Å². The summed E-state index contributed by atoms with van der Waals surface area (Å²) in [6, 6.07) is 0. The van der Waals surface area contributed by atoms with Crippen LogP contribution in [0.1, 0.15) is 45.4 Å². The van der Waals surface area contributed by atoms with Gasteiger partial charge >= 0.3 is 6.09 Å². The number of carbonyl (C=O) groups is 1. The highest BCUT2D eigenvalue weighted by atomic mass is 16.6. The Morgan fingerprint density at radius 1 is 1.47 bits per heavy atom. The maximum Gasteiger partial charge on any atom is 0.410 e. The van der Waals surface area contributed by atoms with Crippen molar-refractivity contribution in [3.8, 4) is 0 Å². The zero-order valence-electron chi connectivity index (χ0n) is 9.42. The second-order valence-electron chi connectivity index (χ2n) is 5.36. The summed E-state index contributed by atoms with van der Waals surface area (Å²) in [5.41, 5.74) is 0.752. The molecule has 1 aliphatic heterocycles. The third-order valence-electron chi connectivity index (χ3n) is 4.57. The Morgan fingerprint density at radius 3 is 2.73 bits per heavy atom. The van der Waals surface area contributed by atoms with E-state index >= 15 is 0 Å². The molecular formula is C12H19NO2. The van der Waals surface area contributed by atoms with Crippen LogP contribution < -0.4 is 0 Å². The van der Waals surface area contributed by atoms with Gasteiger partial charge in [-0.15, -0.1) is 0 Å². The highest BCUT2D eigenvalue weighted by Gasteiger charge is 2.77. The van der Waals surface area contributed by atoms with Crippen LogP contribution in [0.15, 0.2) is 0 Å². The molecule has 3 rings (SSSR count). The van der Waals surface area contributed by atoms with Gasteiger partial charge in [-0.3, -0.25) is 4.90 Å². The number of rotatable bonds is 4. The van der Waals surface area contributed by atoms with E-state index < -0.39 is 0 Å². The van der Waals surface area contributed by atoms with Gasteiger partial charge in [-0.2, -0.15) is 0 Å². The van der Waals surface area contributed by atoms with Gasteiger partial charge in [0.2, 0.25) is 0 Å². The summed E-state index contributed by atoms with van der Waals surface area (Å²) >= 11 is 0. The first-order valence-electron chi connectivity index (χ1n) is 6.19. The van der Waals surface area contributed by atoms with Gasteiger partial charge in [-0.05, 0) is 31.1 Å². The van der Waals surface area contributed by atoms with Crippen LogP contribution in [-0.4, -0.2) is 29.7 Å². The summed E-state index contributed by atoms with van der Waals surface area (Å²) in [6.07, 6.45) is 7.51. The molecule has 1 saturated heterocycles. The molecule has 1 unspecified atom stereocenters. The minimum Gasteiger partial charge on any atom is -0.448 e. The van der Waals surface area contributed by atoms with E-state index in [2.05, 4.69) is 6.92 Å². The fourth-order valence-electron chi connectivity index (χ4n) is 3.43. The zero-order valence-corrected chi connectivity index (χ0v) is 9.42. The summed E-state index contributed by atoms with van der Waals surface area (Å²) in [5.74, 6) is 0. The fraction of sp³-hybridized carbons (Fsp3) is 0.917. The monoisotopic (exact) mass is 209 g/mol. The number of hydrogen-bond donors (Lipinski definition) is 0. The molecule has 2 aliphatic carbocycles. The van der Waals surface area contributed by atoms with Crippen molar-refractivity contribution in [1.29, 1.82) is 0 Å². The number of unbranched alkanes of at least 4 members (excludes halogenated alkanes) is 1. The first-order valence-corrected chi connectivity index (χ1v) is 6.19. The Kier molecular flexibility index (Phi) is 1.83. The number of amides is 1. The molecule has 0 aromatic carbocycles. The van der Waals surface area contributed by atoms with Crippen molar-refractivity contribution >= 4 is 6.09 Å². The first-order chi connectivity index (χ1) is 7.24. The Hall–Kier alpha value is -0.730. The predicted molar refractivity (Wildman–Crippen MR) is 56.6 cm³/mol. The van der Waals surface area contributed by atoms with Crippen molar-refractivity contribution in [3.05, 3.63) is 0 Å². The molecule has 1 amide bonds. The predicted octanol–water partition coefficient (Wildman–Crippen LogP) is 2.55. The van der Waals surface area contributed by atoms with Crippen molar-refractivity contribution in [3.63, 3.8) is 0 Å². The number of ether oxygens (including phenoxy) is 1. The number of hydrogen-bond acceptors (Lipinski definition) is 2. The molecule has 0 N–H and O–H groups in total. The highest BCUT2D eigenvalue weighted by Crippen LogP contribution is 2.77. The van der Waals surface area contributed by atoms with Gasteiger partial charge in [0, 0.05) is 0 Å². The van der Waals surface area contributed by atoms with Gasteiger partial charge in [0.05, 0.1) is 12.1 Å². The van der Waals surface area contributed by atoms with Crippen LogP contribution in [0, 0.1) is 5.41 Å². The number of cyclic esters (lactones) is 1.